The van der Waals surface area contributed by atoms with Gasteiger partial charge >= 0.3 is 12.1 Å². The van der Waals surface area contributed by atoms with Gasteiger partial charge in [-0.1, -0.05) is 11.2 Å². The van der Waals surface area contributed by atoms with E-state index < -0.39 is 36.3 Å². The lowest BCUT2D eigenvalue weighted by Gasteiger charge is -2.18. The molecule has 1 unspecified atom stereocenters. The highest BCUT2D eigenvalue weighted by Crippen LogP contribution is 2.44. The average Bonchev–Trinajstić information content (AvgIpc) is 3.47. The Balaban J connectivity index is 1.58. The van der Waals surface area contributed by atoms with Crippen LogP contribution in [0, 0.1) is 6.92 Å². The second-order valence-corrected chi connectivity index (χ2v) is 8.42. The summed E-state index contributed by atoms with van der Waals surface area (Å²) in [5.41, 5.74) is 5.39. The molecule has 1 amide bonds. The highest BCUT2D eigenvalue weighted by molar-refractivity contribution is 6.08. The van der Waals surface area contributed by atoms with Gasteiger partial charge in [0.2, 0.25) is 11.8 Å². The van der Waals surface area contributed by atoms with Crippen molar-refractivity contribution >= 4 is 23.1 Å². The first-order chi connectivity index (χ1) is 16.8. The number of nitrogens with one attached hydrogen (secondary N) is 1. The number of halogens is 5. The predicted molar refractivity (Wildman–Crippen MR) is 114 cm³/mol. The Hall–Kier alpha value is -4.17. The Morgan fingerprint density at radius 2 is 1.89 bits per heavy atom. The topological polar surface area (TPSA) is 137 Å². The molecule has 0 saturated carbocycles. The number of nitrogens with two attached hydrogens (primary N) is 1. The Labute approximate surface area is 198 Å². The van der Waals surface area contributed by atoms with Crippen molar-refractivity contribution in [2.45, 2.75) is 44.2 Å². The molecule has 0 bridgehead atoms. The molecule has 5 heterocycles. The van der Waals surface area contributed by atoms with Gasteiger partial charge in [0.1, 0.15) is 23.2 Å². The molecule has 1 atom stereocenters. The molecule has 3 N–H and O–H groups in total. The van der Waals surface area contributed by atoms with Gasteiger partial charge in [-0.2, -0.15) is 26.9 Å². The summed E-state index contributed by atoms with van der Waals surface area (Å²) in [5.74, 6) is -5.29. The second-order valence-electron chi connectivity index (χ2n) is 8.42. The number of hydrogen-bond donors (Lipinski definition) is 2. The molecule has 36 heavy (non-hydrogen) atoms. The lowest BCUT2D eigenvalue weighted by atomic mass is 9.84. The van der Waals surface area contributed by atoms with E-state index in [1.165, 1.54) is 17.5 Å². The summed E-state index contributed by atoms with van der Waals surface area (Å²) in [6.07, 6.45) is -6.37. The van der Waals surface area contributed by atoms with Crippen LogP contribution < -0.4 is 11.1 Å². The van der Waals surface area contributed by atoms with Gasteiger partial charge in [0.05, 0.1) is 11.1 Å². The molecular formula is C21H17F5N8O2. The first kappa shape index (κ1) is 23.6. The maximum atomic E-state index is 13.5. The number of nitrogen functional groups attached to an aromatic ring is 1. The normalized spacial score (nSPS) is 18.0. The first-order valence-corrected chi connectivity index (χ1v) is 10.5. The number of carbonyl (C=O) groups is 1. The minimum atomic E-state index is -5.68. The molecule has 0 saturated heterocycles. The zero-order valence-corrected chi connectivity index (χ0v) is 18.7. The van der Waals surface area contributed by atoms with Crippen LogP contribution in [0.5, 0.6) is 0 Å². The molecule has 0 spiro atoms. The molecule has 0 fully saturated rings. The van der Waals surface area contributed by atoms with Crippen LogP contribution in [-0.4, -0.2) is 47.5 Å². The first-order valence-electron chi connectivity index (χ1n) is 10.5. The molecule has 1 aliphatic heterocycles. The fourth-order valence-electron chi connectivity index (χ4n) is 4.07. The Bertz CT molecular complexity index is 1510. The second kappa shape index (κ2) is 7.66. The number of carbonyl (C=O) groups excluding carboxylic acids is 1. The van der Waals surface area contributed by atoms with E-state index in [4.69, 9.17) is 10.3 Å². The van der Waals surface area contributed by atoms with Gasteiger partial charge in [0, 0.05) is 19.0 Å². The van der Waals surface area contributed by atoms with Crippen molar-refractivity contribution in [3.8, 4) is 11.5 Å². The van der Waals surface area contributed by atoms with E-state index in [0.717, 1.165) is 0 Å². The van der Waals surface area contributed by atoms with Crippen molar-refractivity contribution in [3.63, 3.8) is 0 Å². The van der Waals surface area contributed by atoms with Crippen molar-refractivity contribution < 1.29 is 31.3 Å². The van der Waals surface area contributed by atoms with Gasteiger partial charge < -0.3 is 20.0 Å². The minimum absolute atomic E-state index is 0.0142. The summed E-state index contributed by atoms with van der Waals surface area (Å²) in [7, 11) is 0. The summed E-state index contributed by atoms with van der Waals surface area (Å²) in [6.45, 7) is 3.10. The van der Waals surface area contributed by atoms with Gasteiger partial charge in [-0.25, -0.2) is 15.0 Å². The van der Waals surface area contributed by atoms with Crippen LogP contribution in [0.4, 0.5) is 33.6 Å². The van der Waals surface area contributed by atoms with E-state index in [2.05, 4.69) is 30.4 Å². The number of rotatable bonds is 5. The van der Waals surface area contributed by atoms with Crippen LogP contribution in [0.15, 0.2) is 28.9 Å². The zero-order chi connectivity index (χ0) is 26.0. The zero-order valence-electron chi connectivity index (χ0n) is 18.7. The van der Waals surface area contributed by atoms with Crippen LogP contribution >= 0.6 is 0 Å². The lowest BCUT2D eigenvalue weighted by molar-refractivity contribution is -0.284. The lowest BCUT2D eigenvalue weighted by Crippen LogP contribution is -2.36. The summed E-state index contributed by atoms with van der Waals surface area (Å²) < 4.78 is 71.6. The van der Waals surface area contributed by atoms with Crippen molar-refractivity contribution in [2.24, 2.45) is 0 Å². The molecule has 15 heteroatoms. The number of alkyl halides is 5. The predicted octanol–water partition coefficient (Wildman–Crippen LogP) is 3.45. The summed E-state index contributed by atoms with van der Waals surface area (Å²) >= 11 is 0. The van der Waals surface area contributed by atoms with Crippen molar-refractivity contribution in [1.82, 2.24) is 29.5 Å². The molecule has 5 rings (SSSR count). The number of hydrogen-bond acceptors (Lipinski definition) is 8. The number of aromatic nitrogens is 6. The maximum absolute atomic E-state index is 13.5. The van der Waals surface area contributed by atoms with Crippen LogP contribution in [0.3, 0.4) is 0 Å². The fourth-order valence-corrected chi connectivity index (χ4v) is 4.07. The summed E-state index contributed by atoms with van der Waals surface area (Å²) in [5, 5.41) is 6.32. The van der Waals surface area contributed by atoms with E-state index in [-0.39, 0.29) is 40.4 Å². The van der Waals surface area contributed by atoms with Gasteiger partial charge in [-0.3, -0.25) is 4.79 Å². The smallest absolute Gasteiger partial charge is 0.383 e. The molecule has 0 radical (unpaired) electrons. The van der Waals surface area contributed by atoms with E-state index in [9.17, 15) is 26.7 Å². The fraction of sp³-hybridized carbons (Fsp3) is 0.333. The molecule has 0 aliphatic carbocycles. The third kappa shape index (κ3) is 3.45. The maximum Gasteiger partial charge on any atom is 0.453 e. The summed E-state index contributed by atoms with van der Waals surface area (Å²) in [4.78, 5) is 29.9. The molecular weight excluding hydrogens is 491 g/mol. The minimum Gasteiger partial charge on any atom is -0.383 e. The Morgan fingerprint density at radius 1 is 1.14 bits per heavy atom. The van der Waals surface area contributed by atoms with Crippen molar-refractivity contribution in [1.29, 1.82) is 0 Å². The quantitative estimate of drug-likeness (QED) is 0.391. The van der Waals surface area contributed by atoms with E-state index in [0.29, 0.717) is 11.3 Å². The highest BCUT2D eigenvalue weighted by atomic mass is 19.4. The SMILES string of the molecule is Cc1noc(C2(C)C(=O)Nc3nc(-c4nc(CCC(F)(F)C(F)(F)F)n5ccccc45)nc(N)c32)n1. The highest BCUT2D eigenvalue weighted by Gasteiger charge is 2.57. The molecule has 0 aromatic carbocycles. The standard InChI is InChI=1S/C21H17F5N8O2/c1-9-28-18(36-33-9)19(2)12-14(27)30-16(31-15(12)32-17(19)35)13-10-5-3-4-8-34(10)11(29-13)6-7-20(22,23)21(24,25)26/h3-5,8H,6-7H2,1-2H3,(H3,27,30,31,32,35). The molecule has 4 aromatic rings. The monoisotopic (exact) mass is 508 g/mol. The van der Waals surface area contributed by atoms with Gasteiger partial charge in [0.25, 0.3) is 0 Å². The Kier molecular flexibility index (Phi) is 5.02. The summed E-state index contributed by atoms with van der Waals surface area (Å²) in [6, 6.07) is 4.77. The average molecular weight is 508 g/mol. The number of nitrogens with zero attached hydrogens (tertiary/aromatic N) is 6. The molecule has 1 aliphatic rings. The number of amides is 1. The van der Waals surface area contributed by atoms with Gasteiger partial charge in [0.15, 0.2) is 17.1 Å². The molecule has 10 nitrogen and oxygen atoms in total. The number of fused-ring (bicyclic) bond motifs is 2. The van der Waals surface area contributed by atoms with Crippen LogP contribution in [0.25, 0.3) is 17.0 Å². The van der Waals surface area contributed by atoms with Gasteiger partial charge in [-0.15, -0.1) is 0 Å². The van der Waals surface area contributed by atoms with Crippen LogP contribution in [0.2, 0.25) is 0 Å². The van der Waals surface area contributed by atoms with E-state index in [1.54, 1.807) is 25.1 Å². The Morgan fingerprint density at radius 3 is 2.56 bits per heavy atom. The largest absolute Gasteiger partial charge is 0.453 e. The third-order valence-corrected chi connectivity index (χ3v) is 5.99. The molecule has 4 aromatic heterocycles. The van der Waals surface area contributed by atoms with Crippen molar-refractivity contribution in [2.75, 3.05) is 11.1 Å². The number of aryl methyl sites for hydroxylation is 2. The van der Waals surface area contributed by atoms with E-state index in [1.807, 2.05) is 0 Å². The molecule has 188 valence electrons. The third-order valence-electron chi connectivity index (χ3n) is 5.99. The van der Waals surface area contributed by atoms with Crippen LogP contribution in [0.1, 0.15) is 36.4 Å². The number of anilines is 2. The van der Waals surface area contributed by atoms with Crippen molar-refractivity contribution in [3.05, 3.63) is 47.5 Å². The number of pyridine rings is 1. The van der Waals surface area contributed by atoms with Gasteiger partial charge in [-0.05, 0) is 26.0 Å². The van der Waals surface area contributed by atoms with Crippen LogP contribution in [-0.2, 0) is 16.6 Å². The number of imidazole rings is 1. The van der Waals surface area contributed by atoms with E-state index >= 15 is 0 Å².